The van der Waals surface area contributed by atoms with Gasteiger partial charge in [0, 0.05) is 12.1 Å². The van der Waals surface area contributed by atoms with Crippen molar-refractivity contribution >= 4 is 0 Å². The van der Waals surface area contributed by atoms with Crippen LogP contribution in [-0.2, 0) is 0 Å². The topological polar surface area (TPSA) is 15.3 Å². The average Bonchev–Trinajstić information content (AvgIpc) is 2.35. The van der Waals surface area contributed by atoms with Gasteiger partial charge in [-0.3, -0.25) is 0 Å². The van der Waals surface area contributed by atoms with Gasteiger partial charge in [0.2, 0.25) is 0 Å². The van der Waals surface area contributed by atoms with E-state index in [1.807, 2.05) is 0 Å². The first-order valence-corrected chi connectivity index (χ1v) is 7.55. The molecule has 0 amide bonds. The maximum absolute atomic E-state index is 3.61. The highest BCUT2D eigenvalue weighted by Crippen LogP contribution is 2.21. The van der Waals surface area contributed by atoms with Crippen LogP contribution < -0.4 is 5.32 Å². The van der Waals surface area contributed by atoms with E-state index in [0.717, 1.165) is 18.5 Å². The van der Waals surface area contributed by atoms with Crippen molar-refractivity contribution in [3.8, 4) is 0 Å². The summed E-state index contributed by atoms with van der Waals surface area (Å²) in [6.07, 6.45) is 8.47. The van der Waals surface area contributed by atoms with Crippen LogP contribution in [0.2, 0.25) is 0 Å². The van der Waals surface area contributed by atoms with Gasteiger partial charge in [-0.25, -0.2) is 0 Å². The van der Waals surface area contributed by atoms with E-state index in [9.17, 15) is 0 Å². The van der Waals surface area contributed by atoms with Crippen LogP contribution in [0.4, 0.5) is 0 Å². The number of nitrogens with zero attached hydrogens (tertiary/aromatic N) is 1. The Bertz CT molecular complexity index is 185. The molecule has 1 aliphatic carbocycles. The summed E-state index contributed by atoms with van der Waals surface area (Å²) in [6, 6.07) is 1.52. The van der Waals surface area contributed by atoms with E-state index in [1.165, 1.54) is 45.1 Å². The molecule has 17 heavy (non-hydrogen) atoms. The largest absolute Gasteiger partial charge is 0.314 e. The minimum atomic E-state index is 0.648. The minimum Gasteiger partial charge on any atom is -0.314 e. The van der Waals surface area contributed by atoms with E-state index >= 15 is 0 Å². The minimum absolute atomic E-state index is 0.648. The standard InChI is InChI=1S/C15H32N2/c1-13(2)14(3)16-11-8-12-17(4)15-9-6-5-7-10-15/h13-16H,5-12H2,1-4H3. The smallest absolute Gasteiger partial charge is 0.00922 e. The van der Waals surface area contributed by atoms with Crippen molar-refractivity contribution in [1.82, 2.24) is 10.2 Å². The summed E-state index contributed by atoms with van der Waals surface area (Å²) in [7, 11) is 2.31. The third-order valence-electron chi connectivity index (χ3n) is 4.35. The van der Waals surface area contributed by atoms with Gasteiger partial charge in [-0.1, -0.05) is 33.1 Å². The molecule has 0 aromatic rings. The molecule has 1 saturated carbocycles. The van der Waals surface area contributed by atoms with Gasteiger partial charge in [0.05, 0.1) is 0 Å². The molecule has 102 valence electrons. The summed E-state index contributed by atoms with van der Waals surface area (Å²) in [5.74, 6) is 0.742. The first-order valence-electron chi connectivity index (χ1n) is 7.55. The van der Waals surface area contributed by atoms with Crippen LogP contribution in [0.3, 0.4) is 0 Å². The summed E-state index contributed by atoms with van der Waals surface area (Å²) in [5, 5.41) is 3.61. The second kappa shape index (κ2) is 8.10. The summed E-state index contributed by atoms with van der Waals surface area (Å²) >= 11 is 0. The number of rotatable bonds is 7. The van der Waals surface area contributed by atoms with Crippen molar-refractivity contribution in [3.63, 3.8) is 0 Å². The highest BCUT2D eigenvalue weighted by molar-refractivity contribution is 4.73. The maximum atomic E-state index is 3.61. The lowest BCUT2D eigenvalue weighted by Crippen LogP contribution is -2.37. The van der Waals surface area contributed by atoms with Gasteiger partial charge in [-0.05, 0) is 52.2 Å². The zero-order valence-electron chi connectivity index (χ0n) is 12.3. The van der Waals surface area contributed by atoms with Gasteiger partial charge in [0.15, 0.2) is 0 Å². The van der Waals surface area contributed by atoms with Crippen molar-refractivity contribution in [2.75, 3.05) is 20.1 Å². The monoisotopic (exact) mass is 240 g/mol. The Kier molecular flexibility index (Phi) is 7.14. The van der Waals surface area contributed by atoms with E-state index in [4.69, 9.17) is 0 Å². The van der Waals surface area contributed by atoms with Crippen LogP contribution in [0.25, 0.3) is 0 Å². The number of hydrogen-bond acceptors (Lipinski definition) is 2. The predicted molar refractivity (Wildman–Crippen MR) is 76.4 cm³/mol. The third kappa shape index (κ3) is 5.87. The van der Waals surface area contributed by atoms with Crippen molar-refractivity contribution in [2.24, 2.45) is 5.92 Å². The first kappa shape index (κ1) is 15.0. The highest BCUT2D eigenvalue weighted by atomic mass is 15.1. The summed E-state index contributed by atoms with van der Waals surface area (Å²) in [6.45, 7) is 9.27. The lowest BCUT2D eigenvalue weighted by molar-refractivity contribution is 0.188. The summed E-state index contributed by atoms with van der Waals surface area (Å²) < 4.78 is 0. The van der Waals surface area contributed by atoms with Gasteiger partial charge in [-0.15, -0.1) is 0 Å². The zero-order valence-corrected chi connectivity index (χ0v) is 12.3. The van der Waals surface area contributed by atoms with Crippen molar-refractivity contribution in [1.29, 1.82) is 0 Å². The van der Waals surface area contributed by atoms with Crippen molar-refractivity contribution < 1.29 is 0 Å². The molecule has 0 aliphatic heterocycles. The van der Waals surface area contributed by atoms with Gasteiger partial charge in [0.1, 0.15) is 0 Å². The second-order valence-corrected chi connectivity index (χ2v) is 6.11. The fraction of sp³-hybridized carbons (Fsp3) is 1.00. The molecule has 0 aromatic heterocycles. The Morgan fingerprint density at radius 2 is 1.76 bits per heavy atom. The normalized spacial score (nSPS) is 20.1. The fourth-order valence-electron chi connectivity index (χ4n) is 2.60. The summed E-state index contributed by atoms with van der Waals surface area (Å²) in [4.78, 5) is 2.58. The molecule has 0 bridgehead atoms. The van der Waals surface area contributed by atoms with Crippen molar-refractivity contribution in [3.05, 3.63) is 0 Å². The predicted octanol–water partition coefficient (Wildman–Crippen LogP) is 3.28. The fourth-order valence-corrected chi connectivity index (χ4v) is 2.60. The molecule has 1 fully saturated rings. The van der Waals surface area contributed by atoms with Crippen LogP contribution in [0, 0.1) is 5.92 Å². The number of nitrogens with one attached hydrogen (secondary N) is 1. The van der Waals surface area contributed by atoms with Crippen LogP contribution in [0.1, 0.15) is 59.3 Å². The van der Waals surface area contributed by atoms with E-state index in [2.05, 4.69) is 38.0 Å². The Morgan fingerprint density at radius 1 is 1.12 bits per heavy atom. The van der Waals surface area contributed by atoms with Gasteiger partial charge >= 0.3 is 0 Å². The molecule has 1 atom stereocenters. The highest BCUT2D eigenvalue weighted by Gasteiger charge is 2.17. The maximum Gasteiger partial charge on any atom is 0.00922 e. The molecule has 2 nitrogen and oxygen atoms in total. The molecule has 0 saturated heterocycles. The summed E-state index contributed by atoms with van der Waals surface area (Å²) in [5.41, 5.74) is 0. The molecule has 1 aliphatic rings. The number of hydrogen-bond donors (Lipinski definition) is 1. The molecule has 0 heterocycles. The SMILES string of the molecule is CC(C)C(C)NCCCN(C)C1CCCCC1. The molecule has 2 heteroatoms. The van der Waals surface area contributed by atoms with E-state index < -0.39 is 0 Å². The quantitative estimate of drug-likeness (QED) is 0.687. The van der Waals surface area contributed by atoms with Gasteiger partial charge < -0.3 is 10.2 Å². The van der Waals surface area contributed by atoms with E-state index in [0.29, 0.717) is 6.04 Å². The molecule has 1 rings (SSSR count). The van der Waals surface area contributed by atoms with Crippen LogP contribution in [0.15, 0.2) is 0 Å². The lowest BCUT2D eigenvalue weighted by Gasteiger charge is -2.31. The third-order valence-corrected chi connectivity index (χ3v) is 4.35. The molecule has 1 unspecified atom stereocenters. The zero-order chi connectivity index (χ0) is 12.7. The van der Waals surface area contributed by atoms with Crippen LogP contribution in [0.5, 0.6) is 0 Å². The second-order valence-electron chi connectivity index (χ2n) is 6.11. The van der Waals surface area contributed by atoms with E-state index in [1.54, 1.807) is 0 Å². The van der Waals surface area contributed by atoms with Crippen molar-refractivity contribution in [2.45, 2.75) is 71.4 Å². The Labute approximate surface area is 108 Å². The lowest BCUT2D eigenvalue weighted by atomic mass is 9.94. The van der Waals surface area contributed by atoms with Gasteiger partial charge in [0.25, 0.3) is 0 Å². The molecule has 1 N–H and O–H groups in total. The Hall–Kier alpha value is -0.0800. The van der Waals surface area contributed by atoms with Gasteiger partial charge in [-0.2, -0.15) is 0 Å². The van der Waals surface area contributed by atoms with E-state index in [-0.39, 0.29) is 0 Å². The molecule has 0 radical (unpaired) electrons. The first-order chi connectivity index (χ1) is 8.11. The van der Waals surface area contributed by atoms with Crippen LogP contribution in [-0.4, -0.2) is 37.1 Å². The molecular weight excluding hydrogens is 208 g/mol. The van der Waals surface area contributed by atoms with Crippen LogP contribution >= 0.6 is 0 Å². The molecule has 0 spiro atoms. The molecular formula is C15H32N2. The Morgan fingerprint density at radius 3 is 2.35 bits per heavy atom. The average molecular weight is 240 g/mol. The molecule has 0 aromatic carbocycles. The Balaban J connectivity index is 2.05.